The van der Waals surface area contributed by atoms with Crippen molar-refractivity contribution in [2.24, 2.45) is 37.9 Å². The Kier molecular flexibility index (Phi) is 71.9. The van der Waals surface area contributed by atoms with E-state index in [1.54, 1.807) is 6.92 Å². The molecule has 3 amide bonds. The average Bonchev–Trinajstić information content (AvgIpc) is 0.879. The number of benzene rings is 3. The Morgan fingerprint density at radius 3 is 1.06 bits per heavy atom. The van der Waals surface area contributed by atoms with E-state index in [0.29, 0.717) is 78.5 Å². The van der Waals surface area contributed by atoms with Crippen LogP contribution in [0.4, 0.5) is 0 Å². The molecule has 0 saturated carbocycles. The Labute approximate surface area is 766 Å². The first-order chi connectivity index (χ1) is 56.0. The molecule has 0 saturated heterocycles. The smallest absolute Gasteiger partial charge is 0.306 e. The molecule has 3 aromatic rings. The van der Waals surface area contributed by atoms with Gasteiger partial charge in [-0.25, -0.2) is 0 Å². The van der Waals surface area contributed by atoms with Crippen molar-refractivity contribution in [3.05, 3.63) is 102 Å². The summed E-state index contributed by atoms with van der Waals surface area (Å²) in [6.07, 6.45) is 14.9. The molecule has 0 radical (unpaired) electrons. The summed E-state index contributed by atoms with van der Waals surface area (Å²) >= 11 is 0. The standard InChI is InChI=1S/C15H30O3.C11H16O.C11H22O.C11H16.C10H14O.C10H22O.C10H22.C9H4.3C7H16N2O/c1-7-15(5,6)10-12-17-11-8-9-13(16)18-14(2,3)4;1-11(2,3)12-9-10-7-5-4-6-8-10;1-7-11(5,6)8-9(12)10(2,3)4;1-11(2,3)9-10-7-5-4-6-8-10;1-10(2,3)11-9-7-5-4-6-8-9;1-7-10(5,6)8-11-9(2,3)4;1-7-10(5,6)8-9(2,3)4;1-3-5-7-9-8-6-4-2;3*1-6(10)9-5-7(2,3)8-4/h7-12H2,1-6H3;4-8H,9H2,1-3H3;7-8H2,1-6H3;4-8H,9H2,1-3H3;4-8H,1-3H3;7-8H2,1-6H3;7-8H2,1-6H3;1H,2H3;3*8H,5H2,1-4H3,(H,9,10). The number of hydrogen-bond acceptors (Lipinski definition) is 13. The third-order valence-electron chi connectivity index (χ3n) is 18.3. The number of esters is 1. The van der Waals surface area contributed by atoms with E-state index in [0.717, 1.165) is 51.1 Å². The highest BCUT2D eigenvalue weighted by Gasteiger charge is 2.29. The predicted molar refractivity (Wildman–Crippen MR) is 536 cm³/mol. The summed E-state index contributed by atoms with van der Waals surface area (Å²) in [5.74, 6) is 18.2. The molecule has 0 spiro atoms. The lowest BCUT2D eigenvalue weighted by molar-refractivity contribution is -0.155. The van der Waals surface area contributed by atoms with Gasteiger partial charge in [-0.1, -0.05) is 249 Å². The third kappa shape index (κ3) is 109. The zero-order valence-electron chi connectivity index (χ0n) is 88.8. The largest absolute Gasteiger partial charge is 0.488 e. The molecule has 0 aromatic heterocycles. The SMILES string of the molecule is C#CC#CC#CC#CC.CC(C)(C)Cc1ccccc1.CC(C)(C)OCc1ccccc1.CC(C)(C)Oc1ccccc1.CCC(C)(C)CC(=O)C(C)(C)C.CCC(C)(C)CC(C)(C)C.CCC(C)(C)CCOCCCC(=O)OC(C)(C)C.CCC(C)(C)COC(C)(C)C.CNC(C)(C)CNC(C)=O.CNC(C)(C)CNC(C)=O.CNC(C)(C)CNC(C)=O. The lowest BCUT2D eigenvalue weighted by atomic mass is 9.75. The van der Waals surface area contributed by atoms with Gasteiger partial charge in [0.05, 0.1) is 24.4 Å². The fourth-order valence-electron chi connectivity index (χ4n) is 8.66. The maximum atomic E-state index is 11.6. The summed E-state index contributed by atoms with van der Waals surface area (Å²) in [5.41, 5.74) is 4.21. The van der Waals surface area contributed by atoms with Crippen LogP contribution in [0, 0.1) is 85.8 Å². The minimum Gasteiger partial charge on any atom is -0.488 e. The minimum atomic E-state index is -0.386. The number of hydrogen-bond donors (Lipinski definition) is 6. The van der Waals surface area contributed by atoms with Crippen molar-refractivity contribution in [3.63, 3.8) is 0 Å². The molecule has 3 aromatic carbocycles. The van der Waals surface area contributed by atoms with Gasteiger partial charge in [0, 0.05) is 88.5 Å². The first kappa shape index (κ1) is 133. The number of ketones is 1. The summed E-state index contributed by atoms with van der Waals surface area (Å²) in [7, 11) is 5.63. The van der Waals surface area contributed by atoms with Crippen LogP contribution < -0.4 is 36.6 Å². The van der Waals surface area contributed by atoms with Crippen LogP contribution in [0.3, 0.4) is 0 Å². The highest BCUT2D eigenvalue weighted by Crippen LogP contribution is 2.35. The number of carbonyl (C=O) groups excluding carboxylic acids is 5. The number of likely N-dealkylation sites (N-methyl/N-ethyl adjacent to an activating group) is 3. The van der Waals surface area contributed by atoms with Crippen molar-refractivity contribution in [1.82, 2.24) is 31.9 Å². The predicted octanol–water partition coefficient (Wildman–Crippen LogP) is 24.6. The zero-order valence-corrected chi connectivity index (χ0v) is 88.8. The van der Waals surface area contributed by atoms with E-state index in [9.17, 15) is 24.0 Å². The second kappa shape index (κ2) is 67.3. The number of nitrogens with one attached hydrogen (secondary N) is 6. The molecular formula is C108H194N6O10. The van der Waals surface area contributed by atoms with Crippen LogP contribution in [0.2, 0.25) is 0 Å². The van der Waals surface area contributed by atoms with E-state index < -0.39 is 0 Å². The molecule has 0 heterocycles. The summed E-state index contributed by atoms with van der Waals surface area (Å²) in [6, 6.07) is 30.7. The molecule has 0 atom stereocenters. The number of amides is 3. The maximum absolute atomic E-state index is 11.6. The molecule has 124 heavy (non-hydrogen) atoms. The Hall–Kier alpha value is -6.99. The van der Waals surface area contributed by atoms with Crippen LogP contribution in [0.1, 0.15) is 367 Å². The number of para-hydroxylation sites is 1. The Morgan fingerprint density at radius 1 is 0.403 bits per heavy atom. The van der Waals surface area contributed by atoms with Gasteiger partial charge in [-0.3, -0.25) is 24.0 Å². The van der Waals surface area contributed by atoms with Crippen molar-refractivity contribution in [1.29, 1.82) is 0 Å². The first-order valence-electron chi connectivity index (χ1n) is 45.1. The molecule has 0 aliphatic carbocycles. The molecule has 16 nitrogen and oxygen atoms in total. The first-order valence-corrected chi connectivity index (χ1v) is 45.1. The van der Waals surface area contributed by atoms with Gasteiger partial charge in [-0.15, -0.1) is 6.42 Å². The van der Waals surface area contributed by atoms with Crippen LogP contribution >= 0.6 is 0 Å². The van der Waals surface area contributed by atoms with Crippen molar-refractivity contribution < 1.29 is 47.7 Å². The maximum Gasteiger partial charge on any atom is 0.306 e. The number of rotatable bonds is 29. The molecule has 0 aliphatic heterocycles. The summed E-state index contributed by atoms with van der Waals surface area (Å²) < 4.78 is 27.7. The van der Waals surface area contributed by atoms with E-state index in [2.05, 4.69) is 282 Å². The molecule has 3 rings (SSSR count). The van der Waals surface area contributed by atoms with E-state index in [1.165, 1.54) is 51.2 Å². The van der Waals surface area contributed by atoms with Gasteiger partial charge in [-0.2, -0.15) is 0 Å². The van der Waals surface area contributed by atoms with Crippen LogP contribution in [-0.2, 0) is 55.9 Å². The highest BCUT2D eigenvalue weighted by molar-refractivity contribution is 5.84. The molecule has 0 unspecified atom stereocenters. The topological polar surface area (TPSA) is 204 Å². The number of terminal acetylenes is 1. The monoisotopic (exact) mass is 1740 g/mol. The van der Waals surface area contributed by atoms with Gasteiger partial charge in [0.2, 0.25) is 17.7 Å². The second-order valence-electron chi connectivity index (χ2n) is 43.9. The van der Waals surface area contributed by atoms with Crippen LogP contribution in [-0.4, -0.2) is 129 Å². The van der Waals surface area contributed by atoms with E-state index in [-0.39, 0.29) is 73.5 Å². The number of ether oxygens (including phenoxy) is 5. The van der Waals surface area contributed by atoms with Gasteiger partial charge in [0.25, 0.3) is 0 Å². The van der Waals surface area contributed by atoms with Crippen molar-refractivity contribution in [3.8, 4) is 53.6 Å². The summed E-state index contributed by atoms with van der Waals surface area (Å²) in [4.78, 5) is 54.5. The Bertz CT molecular complexity index is 3340. The molecule has 0 fully saturated rings. The highest BCUT2D eigenvalue weighted by atomic mass is 16.6. The average molecular weight is 1740 g/mol. The Balaban J connectivity index is -0.000000200. The van der Waals surface area contributed by atoms with Crippen LogP contribution in [0.25, 0.3) is 0 Å². The van der Waals surface area contributed by atoms with Gasteiger partial charge in [0.15, 0.2) is 0 Å². The number of carbonyl (C=O) groups is 5. The third-order valence-corrected chi connectivity index (χ3v) is 18.3. The molecule has 6 N–H and O–H groups in total. The van der Waals surface area contributed by atoms with Crippen molar-refractivity contribution >= 4 is 29.5 Å². The van der Waals surface area contributed by atoms with Gasteiger partial charge >= 0.3 is 5.97 Å². The van der Waals surface area contributed by atoms with Crippen LogP contribution in [0.15, 0.2) is 91.0 Å². The minimum absolute atomic E-state index is 0.00639. The second-order valence-corrected chi connectivity index (χ2v) is 43.9. The van der Waals surface area contributed by atoms with E-state index in [4.69, 9.17) is 30.1 Å². The zero-order chi connectivity index (χ0) is 99.0. The molecule has 0 aliphatic rings. The fraction of sp³-hybridized carbons (Fsp3) is 0.713. The summed E-state index contributed by atoms with van der Waals surface area (Å²) in [5, 5.41) is 17.5. The van der Waals surface area contributed by atoms with Crippen molar-refractivity contribution in [2.45, 2.75) is 408 Å². The Morgan fingerprint density at radius 2 is 0.766 bits per heavy atom. The van der Waals surface area contributed by atoms with Gasteiger partial charge in [0.1, 0.15) is 22.7 Å². The van der Waals surface area contributed by atoms with Crippen molar-refractivity contribution in [2.75, 3.05) is 60.6 Å². The quantitative estimate of drug-likeness (QED) is 0.0218. The molecular weight excluding hydrogens is 1540 g/mol. The molecule has 16 heteroatoms. The fourth-order valence-corrected chi connectivity index (χ4v) is 8.66. The van der Waals surface area contributed by atoms with Gasteiger partial charge < -0.3 is 55.6 Å². The lowest BCUT2D eigenvalue weighted by Crippen LogP contribution is -2.46. The molecule has 716 valence electrons. The number of Topliss-reactive ketones (excluding diaryl/α,β-unsaturated/α-hetero) is 1. The molecule has 0 bridgehead atoms. The van der Waals surface area contributed by atoms with Crippen LogP contribution in [0.5, 0.6) is 5.75 Å². The van der Waals surface area contributed by atoms with E-state index >= 15 is 0 Å². The lowest BCUT2D eigenvalue weighted by Gasteiger charge is -2.31. The van der Waals surface area contributed by atoms with E-state index in [1.807, 2.05) is 174 Å². The normalized spacial score (nSPS) is 11.5. The summed E-state index contributed by atoms with van der Waals surface area (Å²) in [6.45, 7) is 94.1. The van der Waals surface area contributed by atoms with Gasteiger partial charge in [-0.05, 0) is 276 Å².